The van der Waals surface area contributed by atoms with Gasteiger partial charge in [0.25, 0.3) is 0 Å². The molecule has 0 aromatic carbocycles. The van der Waals surface area contributed by atoms with Crippen LogP contribution in [0.3, 0.4) is 0 Å². The third kappa shape index (κ3) is 10.3. The molecule has 11 nitrogen and oxygen atoms in total. The van der Waals surface area contributed by atoms with E-state index in [4.69, 9.17) is 42.6 Å². The molecule has 0 aliphatic carbocycles. The molecule has 0 spiro atoms. The summed E-state index contributed by atoms with van der Waals surface area (Å²) in [4.78, 5) is 11.3. The first-order valence-corrected chi connectivity index (χ1v) is 17.9. The first-order valence-electron chi connectivity index (χ1n) is 17.9. The van der Waals surface area contributed by atoms with E-state index in [1.165, 1.54) is 26.4 Å². The number of carbonyl (C=O) groups excluding carboxylic acids is 1. The molecule has 0 aromatic heterocycles. The van der Waals surface area contributed by atoms with Crippen molar-refractivity contribution in [3.05, 3.63) is 0 Å². The van der Waals surface area contributed by atoms with Crippen LogP contribution in [0.1, 0.15) is 132 Å². The minimum Gasteiger partial charge on any atom is -0.469 e. The Kier molecular flexibility index (Phi) is 14.1. The van der Waals surface area contributed by atoms with E-state index in [1.54, 1.807) is 0 Å². The third-order valence-electron chi connectivity index (χ3n) is 9.55. The molecule has 4 aliphatic heterocycles. The molecule has 4 saturated heterocycles. The van der Waals surface area contributed by atoms with Gasteiger partial charge in [0.2, 0.25) is 0 Å². The zero-order valence-electron chi connectivity index (χ0n) is 29.6. The number of fused-ring (bicyclic) bond motifs is 2. The van der Waals surface area contributed by atoms with Crippen molar-refractivity contribution in [2.45, 2.75) is 211 Å². The lowest BCUT2D eigenvalue weighted by Gasteiger charge is -2.45. The van der Waals surface area contributed by atoms with Crippen LogP contribution in [0.4, 0.5) is 0 Å². The zero-order chi connectivity index (χ0) is 33.5. The number of ether oxygens (including phenoxy) is 9. The van der Waals surface area contributed by atoms with Gasteiger partial charge in [-0.25, -0.2) is 0 Å². The number of aliphatic hydroxyl groups is 1. The second-order valence-corrected chi connectivity index (χ2v) is 14.5. The smallest absolute Gasteiger partial charge is 0.305 e. The first-order chi connectivity index (χ1) is 21.8. The molecule has 4 aliphatic rings. The number of methoxy groups -OCH3 is 1. The molecular weight excluding hydrogens is 596 g/mol. The minimum atomic E-state index is -0.866. The lowest BCUT2D eigenvalue weighted by molar-refractivity contribution is -0.336. The van der Waals surface area contributed by atoms with Crippen LogP contribution in [0, 0.1) is 0 Å². The predicted molar refractivity (Wildman–Crippen MR) is 170 cm³/mol. The lowest BCUT2D eigenvalue weighted by Crippen LogP contribution is -2.62. The molecule has 0 unspecified atom stereocenters. The van der Waals surface area contributed by atoms with Crippen LogP contribution in [0.15, 0.2) is 0 Å². The van der Waals surface area contributed by atoms with Gasteiger partial charge >= 0.3 is 5.97 Å². The first kappa shape index (κ1) is 37.9. The number of hydrogen-bond acceptors (Lipinski definition) is 11. The summed E-state index contributed by atoms with van der Waals surface area (Å²) in [7, 11) is 1.44. The van der Waals surface area contributed by atoms with E-state index in [0.717, 1.165) is 57.8 Å². The summed E-state index contributed by atoms with van der Waals surface area (Å²) in [6.07, 6.45) is 7.97. The van der Waals surface area contributed by atoms with Crippen LogP contribution < -0.4 is 0 Å². The highest BCUT2D eigenvalue weighted by molar-refractivity contribution is 5.68. The molecule has 46 heavy (non-hydrogen) atoms. The van der Waals surface area contributed by atoms with Crippen molar-refractivity contribution in [3.8, 4) is 0 Å². The highest BCUT2D eigenvalue weighted by Gasteiger charge is 2.59. The Morgan fingerprint density at radius 1 is 0.717 bits per heavy atom. The van der Waals surface area contributed by atoms with E-state index in [1.807, 2.05) is 41.5 Å². The van der Waals surface area contributed by atoms with Gasteiger partial charge in [0.1, 0.15) is 36.6 Å². The molecule has 0 amide bonds. The highest BCUT2D eigenvalue weighted by Crippen LogP contribution is 2.43. The van der Waals surface area contributed by atoms with Crippen molar-refractivity contribution in [2.24, 2.45) is 0 Å². The SMILES string of the molecule is CCCCC[C@@H](CCCCCCCCCC(=O)OC)O[C@@H]1O[C@@H](C)[C@H](O[C@@H]2O[C@@H](C)[C@H](O)[C@H]3OC(C)(C)O[C@@H]23)[C@H]2OC(C)(C)O[C@@H]12. The van der Waals surface area contributed by atoms with Crippen molar-refractivity contribution in [1.29, 1.82) is 0 Å². The summed E-state index contributed by atoms with van der Waals surface area (Å²) in [6.45, 7) is 13.5. The van der Waals surface area contributed by atoms with Crippen molar-refractivity contribution < 1.29 is 52.5 Å². The van der Waals surface area contributed by atoms with Gasteiger partial charge in [0.15, 0.2) is 24.2 Å². The molecule has 4 heterocycles. The van der Waals surface area contributed by atoms with Crippen LogP contribution in [-0.2, 0) is 47.4 Å². The molecule has 1 N–H and O–H groups in total. The highest BCUT2D eigenvalue weighted by atomic mass is 16.8. The van der Waals surface area contributed by atoms with Crippen LogP contribution in [0.5, 0.6) is 0 Å². The second-order valence-electron chi connectivity index (χ2n) is 14.5. The van der Waals surface area contributed by atoms with E-state index < -0.39 is 66.9 Å². The average Bonchev–Trinajstić information content (AvgIpc) is 3.51. The summed E-state index contributed by atoms with van der Waals surface area (Å²) in [6, 6.07) is 0. The molecule has 4 rings (SSSR count). The van der Waals surface area contributed by atoms with E-state index in [9.17, 15) is 9.90 Å². The number of rotatable bonds is 18. The molecular formula is C35H62O11. The molecule has 0 radical (unpaired) electrons. The Labute approximate surface area is 276 Å². The van der Waals surface area contributed by atoms with E-state index in [2.05, 4.69) is 6.92 Å². The Morgan fingerprint density at radius 3 is 1.87 bits per heavy atom. The molecule has 268 valence electrons. The third-order valence-corrected chi connectivity index (χ3v) is 9.55. The predicted octanol–water partition coefficient (Wildman–Crippen LogP) is 5.91. The fourth-order valence-corrected chi connectivity index (χ4v) is 7.13. The normalized spacial score (nSPS) is 37.1. The van der Waals surface area contributed by atoms with Crippen molar-refractivity contribution >= 4 is 5.97 Å². The Balaban J connectivity index is 1.33. The molecule has 4 fully saturated rings. The standard InChI is InChI=1S/C35H62O11/c1-9-10-16-19-24(20-17-14-12-11-13-15-18-21-25(36)38-8)41-32-31-29(44-35(6,7)46-31)27(23(3)40-32)42-33-30-28(26(37)22(2)39-33)43-34(4,5)45-30/h22-24,26-33,37H,9-21H2,1-8H3/t22-,23-,24-,26-,27-,28+,29+,30+,31+,32-,33-/m0/s1. The number of aliphatic hydroxyl groups excluding tert-OH is 1. The van der Waals surface area contributed by atoms with Gasteiger partial charge in [-0.05, 0) is 60.8 Å². The second kappa shape index (κ2) is 17.2. The van der Waals surface area contributed by atoms with Crippen LogP contribution >= 0.6 is 0 Å². The van der Waals surface area contributed by atoms with Gasteiger partial charge in [-0.3, -0.25) is 4.79 Å². The topological polar surface area (TPSA) is 120 Å². The quantitative estimate of drug-likeness (QED) is 0.140. The maximum absolute atomic E-state index is 11.3. The summed E-state index contributed by atoms with van der Waals surface area (Å²) in [5, 5.41) is 10.7. The van der Waals surface area contributed by atoms with Gasteiger partial charge < -0.3 is 47.7 Å². The van der Waals surface area contributed by atoms with E-state index in [0.29, 0.717) is 6.42 Å². The maximum Gasteiger partial charge on any atom is 0.305 e. The largest absolute Gasteiger partial charge is 0.469 e. The molecule has 0 saturated carbocycles. The molecule has 0 bridgehead atoms. The Bertz CT molecular complexity index is 928. The molecule has 11 atom stereocenters. The fourth-order valence-electron chi connectivity index (χ4n) is 7.13. The van der Waals surface area contributed by atoms with Gasteiger partial charge in [-0.1, -0.05) is 64.7 Å². The van der Waals surface area contributed by atoms with Crippen LogP contribution in [0.25, 0.3) is 0 Å². The maximum atomic E-state index is 11.3. The summed E-state index contributed by atoms with van der Waals surface area (Å²) >= 11 is 0. The Morgan fingerprint density at radius 2 is 1.24 bits per heavy atom. The van der Waals surface area contributed by atoms with Crippen LogP contribution in [0.2, 0.25) is 0 Å². The van der Waals surface area contributed by atoms with Gasteiger partial charge in [0, 0.05) is 6.42 Å². The zero-order valence-corrected chi connectivity index (χ0v) is 29.6. The van der Waals surface area contributed by atoms with Crippen molar-refractivity contribution in [2.75, 3.05) is 7.11 Å². The van der Waals surface area contributed by atoms with Gasteiger partial charge in [0.05, 0.1) is 25.4 Å². The lowest BCUT2D eigenvalue weighted by atomic mass is 9.97. The molecule has 0 aromatic rings. The summed E-state index contributed by atoms with van der Waals surface area (Å²) in [5.74, 6) is -1.83. The summed E-state index contributed by atoms with van der Waals surface area (Å²) < 4.78 is 55.8. The van der Waals surface area contributed by atoms with Crippen molar-refractivity contribution in [1.82, 2.24) is 0 Å². The van der Waals surface area contributed by atoms with E-state index >= 15 is 0 Å². The number of unbranched alkanes of at least 4 members (excludes halogenated alkanes) is 8. The number of esters is 1. The average molecular weight is 659 g/mol. The van der Waals surface area contributed by atoms with Crippen molar-refractivity contribution in [3.63, 3.8) is 0 Å². The van der Waals surface area contributed by atoms with E-state index in [-0.39, 0.29) is 18.2 Å². The van der Waals surface area contributed by atoms with Crippen LogP contribution in [-0.4, -0.2) is 97.3 Å². The molecule has 11 heteroatoms. The van der Waals surface area contributed by atoms with Gasteiger partial charge in [-0.15, -0.1) is 0 Å². The fraction of sp³-hybridized carbons (Fsp3) is 0.971. The summed E-state index contributed by atoms with van der Waals surface area (Å²) in [5.41, 5.74) is 0. The Hall–Kier alpha value is -0.890. The van der Waals surface area contributed by atoms with Gasteiger partial charge in [-0.2, -0.15) is 0 Å². The number of hydrogen-bond donors (Lipinski definition) is 1. The minimum absolute atomic E-state index is 0.0604. The number of carbonyl (C=O) groups is 1. The monoisotopic (exact) mass is 658 g/mol.